The summed E-state index contributed by atoms with van der Waals surface area (Å²) < 4.78 is 35.2. The number of rotatable bonds is 12. The largest absolute Gasteiger partial charge is 0.492 e. The number of piperidine rings is 1. The lowest BCUT2D eigenvalue weighted by molar-refractivity contribution is -0.104. The molecule has 206 valence electrons. The van der Waals surface area contributed by atoms with Gasteiger partial charge in [0, 0.05) is 25.2 Å². The fraction of sp³-hybridized carbons (Fsp3) is 0.538. The zero-order chi connectivity index (χ0) is 27.2. The molecule has 0 spiro atoms. The first kappa shape index (κ1) is 29.3. The summed E-state index contributed by atoms with van der Waals surface area (Å²) in [4.78, 5) is 1.74. The van der Waals surface area contributed by atoms with Gasteiger partial charge in [0.15, 0.2) is 6.23 Å². The maximum absolute atomic E-state index is 14.9. The molecule has 2 aliphatic rings. The van der Waals surface area contributed by atoms with Gasteiger partial charge in [-0.15, -0.1) is 0 Å². The summed E-state index contributed by atoms with van der Waals surface area (Å²) in [7, 11) is 1.75. The molecule has 2 heterocycles. The van der Waals surface area contributed by atoms with Crippen LogP contribution in [0, 0.1) is 0 Å². The van der Waals surface area contributed by atoms with Gasteiger partial charge in [-0.1, -0.05) is 30.9 Å². The predicted molar refractivity (Wildman–Crippen MR) is 135 cm³/mol. The van der Waals surface area contributed by atoms with E-state index >= 15 is 0 Å². The Balaban J connectivity index is 1.61. The molecule has 3 rings (SSSR count). The minimum Gasteiger partial charge on any atom is -0.492 e. The topological polar surface area (TPSA) is 129 Å². The van der Waals surface area contributed by atoms with E-state index in [1.165, 1.54) is 0 Å². The van der Waals surface area contributed by atoms with Gasteiger partial charge in [-0.2, -0.15) is 8.78 Å². The minimum absolute atomic E-state index is 0.0443. The number of ether oxygens (including phenoxy) is 1. The number of hydrogen-bond donors (Lipinski definition) is 7. The van der Waals surface area contributed by atoms with Gasteiger partial charge in [-0.3, -0.25) is 15.5 Å². The van der Waals surface area contributed by atoms with Crippen LogP contribution >= 0.6 is 0 Å². The molecule has 0 amide bonds. The van der Waals surface area contributed by atoms with Crippen molar-refractivity contribution in [2.45, 2.75) is 69.7 Å². The van der Waals surface area contributed by atoms with E-state index in [0.29, 0.717) is 37.1 Å². The van der Waals surface area contributed by atoms with Crippen LogP contribution in [0.5, 0.6) is 0 Å². The minimum atomic E-state index is -3.66. The number of aliphatic hydroxyl groups excluding tert-OH is 4. The number of benzene rings is 1. The lowest BCUT2D eigenvalue weighted by Gasteiger charge is -2.39. The molecule has 0 aliphatic carbocycles. The first-order valence-corrected chi connectivity index (χ1v) is 12.4. The third-order valence-electron chi connectivity index (χ3n) is 6.58. The molecular formula is C26H38F2N4O5. The summed E-state index contributed by atoms with van der Waals surface area (Å²) >= 11 is 0. The summed E-state index contributed by atoms with van der Waals surface area (Å²) in [5.41, 5.74) is 1.52. The summed E-state index contributed by atoms with van der Waals surface area (Å²) in [6.45, 7) is 6.31. The fourth-order valence-corrected chi connectivity index (χ4v) is 4.50. The molecule has 0 aromatic heterocycles. The van der Waals surface area contributed by atoms with Gasteiger partial charge in [-0.25, -0.2) is 0 Å². The number of nitrogens with one attached hydrogen (secondary N) is 3. The Labute approximate surface area is 216 Å². The second-order valence-corrected chi connectivity index (χ2v) is 9.28. The molecule has 1 aromatic carbocycles. The molecule has 1 unspecified atom stereocenters. The number of fused-ring (bicyclic) bond motifs is 1. The summed E-state index contributed by atoms with van der Waals surface area (Å²) in [5, 5.41) is 49.0. The summed E-state index contributed by atoms with van der Waals surface area (Å²) in [6, 6.07) is 4.80. The van der Waals surface area contributed by atoms with E-state index < -0.39 is 36.4 Å². The van der Waals surface area contributed by atoms with Crippen LogP contribution in [0.3, 0.4) is 0 Å². The quantitative estimate of drug-likeness (QED) is 0.0933. The number of alkyl halides is 2. The van der Waals surface area contributed by atoms with Gasteiger partial charge in [-0.05, 0) is 55.7 Å². The molecule has 2 aliphatic heterocycles. The van der Waals surface area contributed by atoms with Crippen molar-refractivity contribution in [1.29, 1.82) is 0 Å². The van der Waals surface area contributed by atoms with Crippen molar-refractivity contribution in [3.63, 3.8) is 0 Å². The molecule has 7 N–H and O–H groups in total. The van der Waals surface area contributed by atoms with Crippen LogP contribution in [-0.2, 0) is 17.8 Å². The molecule has 1 saturated heterocycles. The molecule has 0 bridgehead atoms. The SMILES string of the molecule is C=C(/C=C(\C=C/C)OCCNC)C(F)(F)[C@H](O)NCc1ccc2c(c1)CN(C1CC[C@H](O)N[C@@H]1O)[C@H]2O. The van der Waals surface area contributed by atoms with E-state index in [1.807, 2.05) is 0 Å². The molecule has 37 heavy (non-hydrogen) atoms. The van der Waals surface area contributed by atoms with Crippen molar-refractivity contribution in [2.24, 2.45) is 0 Å². The molecule has 1 fully saturated rings. The van der Waals surface area contributed by atoms with Gasteiger partial charge in [0.05, 0.1) is 6.04 Å². The number of halogens is 2. The lowest BCUT2D eigenvalue weighted by Crippen LogP contribution is -2.56. The summed E-state index contributed by atoms with van der Waals surface area (Å²) in [6.07, 6.45) is 0.366. The van der Waals surface area contributed by atoms with Crippen molar-refractivity contribution in [3.05, 3.63) is 71.0 Å². The van der Waals surface area contributed by atoms with E-state index in [-0.39, 0.29) is 25.0 Å². The van der Waals surface area contributed by atoms with Crippen LogP contribution < -0.4 is 16.0 Å². The van der Waals surface area contributed by atoms with Crippen molar-refractivity contribution in [2.75, 3.05) is 20.2 Å². The molecule has 0 radical (unpaired) electrons. The molecule has 0 saturated carbocycles. The van der Waals surface area contributed by atoms with E-state index in [4.69, 9.17) is 4.74 Å². The third kappa shape index (κ3) is 7.21. The van der Waals surface area contributed by atoms with Crippen LogP contribution in [0.15, 0.2) is 54.3 Å². The molecular weight excluding hydrogens is 486 g/mol. The maximum Gasteiger partial charge on any atom is 0.311 e. The molecule has 1 aromatic rings. The smallest absolute Gasteiger partial charge is 0.311 e. The second-order valence-electron chi connectivity index (χ2n) is 9.28. The maximum atomic E-state index is 14.9. The number of aliphatic hydroxyl groups is 4. The normalized spacial score (nSPS) is 25.9. The van der Waals surface area contributed by atoms with Gasteiger partial charge in [0.1, 0.15) is 31.0 Å². The van der Waals surface area contributed by atoms with Crippen LogP contribution in [0.4, 0.5) is 8.78 Å². The van der Waals surface area contributed by atoms with Crippen molar-refractivity contribution >= 4 is 0 Å². The van der Waals surface area contributed by atoms with Gasteiger partial charge in [0.2, 0.25) is 0 Å². The van der Waals surface area contributed by atoms with Crippen molar-refractivity contribution < 1.29 is 33.9 Å². The predicted octanol–water partition coefficient (Wildman–Crippen LogP) is 1.18. The fourth-order valence-electron chi connectivity index (χ4n) is 4.50. The Morgan fingerprint density at radius 1 is 1.32 bits per heavy atom. The third-order valence-corrected chi connectivity index (χ3v) is 6.58. The van der Waals surface area contributed by atoms with E-state index in [1.54, 1.807) is 49.2 Å². The van der Waals surface area contributed by atoms with Gasteiger partial charge in [0.25, 0.3) is 0 Å². The van der Waals surface area contributed by atoms with Crippen molar-refractivity contribution in [1.82, 2.24) is 20.9 Å². The number of nitrogens with zero attached hydrogens (tertiary/aromatic N) is 1. The Hall–Kier alpha value is -2.22. The highest BCUT2D eigenvalue weighted by atomic mass is 19.3. The monoisotopic (exact) mass is 524 g/mol. The highest BCUT2D eigenvalue weighted by Gasteiger charge is 2.41. The van der Waals surface area contributed by atoms with Crippen LogP contribution in [-0.4, -0.2) is 76.2 Å². The number of likely N-dealkylation sites (N-methyl/N-ethyl adjacent to an activating group) is 1. The average Bonchev–Trinajstić information content (AvgIpc) is 3.18. The van der Waals surface area contributed by atoms with Crippen LogP contribution in [0.25, 0.3) is 0 Å². The van der Waals surface area contributed by atoms with Gasteiger partial charge < -0.3 is 30.5 Å². The molecule has 5 atom stereocenters. The Kier molecular flexibility index (Phi) is 10.3. The number of hydrogen-bond acceptors (Lipinski definition) is 9. The Morgan fingerprint density at radius 3 is 2.76 bits per heavy atom. The van der Waals surface area contributed by atoms with Crippen LogP contribution in [0.2, 0.25) is 0 Å². The van der Waals surface area contributed by atoms with Gasteiger partial charge >= 0.3 is 5.92 Å². The summed E-state index contributed by atoms with van der Waals surface area (Å²) in [5.74, 6) is -3.44. The van der Waals surface area contributed by atoms with E-state index in [0.717, 1.165) is 11.6 Å². The highest BCUT2D eigenvalue weighted by Crippen LogP contribution is 2.36. The zero-order valence-corrected chi connectivity index (χ0v) is 21.2. The zero-order valence-electron chi connectivity index (χ0n) is 21.2. The molecule has 9 nitrogen and oxygen atoms in total. The van der Waals surface area contributed by atoms with E-state index in [2.05, 4.69) is 22.5 Å². The van der Waals surface area contributed by atoms with Crippen molar-refractivity contribution in [3.8, 4) is 0 Å². The first-order valence-electron chi connectivity index (χ1n) is 12.4. The Morgan fingerprint density at radius 2 is 2.08 bits per heavy atom. The second kappa shape index (κ2) is 13.0. The standard InChI is InChI=1S/C26H38F2N4O5/c1-4-5-19(37-11-10-29-3)12-16(2)26(27,28)25(36)30-14-17-6-7-20-18(13-17)15-32(24(20)35)21-8-9-22(33)31-23(21)34/h4-7,12-13,21-25,29-31,33-36H,2,8-11,14-15H2,1,3H3/b5-4-,19-12+/t21?,22-,23+,24-,25-/m0/s1. The highest BCUT2D eigenvalue weighted by molar-refractivity contribution is 5.37. The van der Waals surface area contributed by atoms with E-state index in [9.17, 15) is 29.2 Å². The lowest BCUT2D eigenvalue weighted by atomic mass is 10.0. The Bertz CT molecular complexity index is 990. The number of allylic oxidation sites excluding steroid dienone is 3. The van der Waals surface area contributed by atoms with Crippen LogP contribution in [0.1, 0.15) is 42.7 Å². The first-order chi connectivity index (χ1) is 17.6. The average molecular weight is 525 g/mol. The molecule has 11 heteroatoms.